The lowest BCUT2D eigenvalue weighted by Gasteiger charge is -2.42. The number of carboxylic acid groups (broad SMARTS) is 1. The van der Waals surface area contributed by atoms with Gasteiger partial charge in [0.1, 0.15) is 11.6 Å². The highest BCUT2D eigenvalue weighted by atomic mass is 19.4. The minimum Gasteiger partial charge on any atom is -0.475 e. The zero-order valence-electron chi connectivity index (χ0n) is 17.7. The molecular formula is C21H26F3N5O3. The molecule has 174 valence electrons. The molecule has 2 aromatic heterocycles. The number of morpholine rings is 1. The molecule has 2 N–H and O–H groups in total. The fourth-order valence-electron chi connectivity index (χ4n) is 3.70. The third-order valence-electron chi connectivity index (χ3n) is 5.23. The lowest BCUT2D eigenvalue weighted by atomic mass is 10.0. The summed E-state index contributed by atoms with van der Waals surface area (Å²) in [4.78, 5) is 24.9. The number of pyridine rings is 1. The Labute approximate surface area is 183 Å². The van der Waals surface area contributed by atoms with Crippen LogP contribution in [0.4, 0.5) is 19.0 Å². The molecule has 2 saturated heterocycles. The minimum atomic E-state index is -5.08. The SMILES string of the molecule is Cc1nc(NCC2CN3CCCCC3CO2)cc(-c2ccccn2)n1.O=C(O)C(F)(F)F. The van der Waals surface area contributed by atoms with Gasteiger partial charge in [0.15, 0.2) is 0 Å². The molecule has 32 heavy (non-hydrogen) atoms. The predicted octanol–water partition coefficient (Wildman–Crippen LogP) is 3.15. The zero-order valence-corrected chi connectivity index (χ0v) is 17.7. The molecule has 0 amide bonds. The van der Waals surface area contributed by atoms with Gasteiger partial charge in [0.05, 0.1) is 24.1 Å². The Morgan fingerprint density at radius 1 is 1.28 bits per heavy atom. The lowest BCUT2D eigenvalue weighted by Crippen LogP contribution is -2.53. The standard InChI is InChI=1S/C19H25N5O.C2HF3O2/c1-14-22-18(17-7-2-4-8-20-17)10-19(23-14)21-11-16-12-24-9-5-3-6-15(24)13-25-16;3-2(4,5)1(6)7/h2,4,7-8,10,15-16H,3,5-6,9,11-13H2,1H3,(H,21,22,23);(H,6,7). The topological polar surface area (TPSA) is 100 Å². The van der Waals surface area contributed by atoms with Crippen LogP contribution in [-0.4, -0.2) is 75.5 Å². The van der Waals surface area contributed by atoms with Crippen LogP contribution in [0.2, 0.25) is 0 Å². The highest BCUT2D eigenvalue weighted by Crippen LogP contribution is 2.23. The van der Waals surface area contributed by atoms with Crippen molar-refractivity contribution in [3.63, 3.8) is 0 Å². The summed E-state index contributed by atoms with van der Waals surface area (Å²) in [5, 5.41) is 10.6. The van der Waals surface area contributed by atoms with Gasteiger partial charge in [0.2, 0.25) is 0 Å². The smallest absolute Gasteiger partial charge is 0.475 e. The molecule has 4 heterocycles. The van der Waals surface area contributed by atoms with E-state index in [1.807, 2.05) is 31.2 Å². The van der Waals surface area contributed by atoms with E-state index < -0.39 is 12.1 Å². The number of hydrogen-bond acceptors (Lipinski definition) is 7. The van der Waals surface area contributed by atoms with Gasteiger partial charge in [-0.1, -0.05) is 12.5 Å². The number of hydrogen-bond donors (Lipinski definition) is 2. The second-order valence-corrected chi connectivity index (χ2v) is 7.68. The zero-order chi connectivity index (χ0) is 23.1. The van der Waals surface area contributed by atoms with Crippen molar-refractivity contribution in [1.29, 1.82) is 0 Å². The number of halogens is 3. The van der Waals surface area contributed by atoms with Crippen LogP contribution in [-0.2, 0) is 9.53 Å². The number of piperidine rings is 1. The number of carboxylic acids is 1. The quantitative estimate of drug-likeness (QED) is 0.728. The fraction of sp³-hybridized carbons (Fsp3) is 0.524. The third kappa shape index (κ3) is 6.86. The second kappa shape index (κ2) is 10.7. The third-order valence-corrected chi connectivity index (χ3v) is 5.23. The number of aliphatic carboxylic acids is 1. The van der Waals surface area contributed by atoms with E-state index in [0.717, 1.165) is 42.7 Å². The van der Waals surface area contributed by atoms with E-state index in [4.69, 9.17) is 14.6 Å². The number of aryl methyl sites for hydroxylation is 1. The molecule has 0 aliphatic carbocycles. The molecule has 2 unspecified atom stereocenters. The molecule has 2 aromatic rings. The molecule has 2 aliphatic heterocycles. The number of nitrogens with one attached hydrogen (secondary N) is 1. The van der Waals surface area contributed by atoms with Gasteiger partial charge in [-0.2, -0.15) is 13.2 Å². The summed E-state index contributed by atoms with van der Waals surface area (Å²) in [7, 11) is 0. The number of nitrogens with zero attached hydrogens (tertiary/aromatic N) is 4. The molecule has 0 spiro atoms. The normalized spacial score (nSPS) is 21.1. The van der Waals surface area contributed by atoms with Crippen molar-refractivity contribution >= 4 is 11.8 Å². The molecule has 0 bridgehead atoms. The van der Waals surface area contributed by atoms with Crippen molar-refractivity contribution in [2.45, 2.75) is 44.5 Å². The Hall–Kier alpha value is -2.79. The molecule has 2 aliphatic rings. The highest BCUT2D eigenvalue weighted by Gasteiger charge is 2.38. The highest BCUT2D eigenvalue weighted by molar-refractivity contribution is 5.73. The second-order valence-electron chi connectivity index (χ2n) is 7.68. The summed E-state index contributed by atoms with van der Waals surface area (Å²) < 4.78 is 37.8. The molecule has 0 saturated carbocycles. The van der Waals surface area contributed by atoms with Crippen LogP contribution in [0.25, 0.3) is 11.4 Å². The number of aromatic nitrogens is 3. The molecule has 0 radical (unpaired) electrons. The first-order chi connectivity index (χ1) is 15.2. The van der Waals surface area contributed by atoms with Gasteiger partial charge in [-0.25, -0.2) is 14.8 Å². The summed E-state index contributed by atoms with van der Waals surface area (Å²) in [6, 6.07) is 8.43. The molecular weight excluding hydrogens is 427 g/mol. The van der Waals surface area contributed by atoms with Crippen LogP contribution in [0.5, 0.6) is 0 Å². The van der Waals surface area contributed by atoms with Crippen LogP contribution in [0.1, 0.15) is 25.1 Å². The first-order valence-corrected chi connectivity index (χ1v) is 10.4. The van der Waals surface area contributed by atoms with E-state index in [0.29, 0.717) is 6.04 Å². The fourth-order valence-corrected chi connectivity index (χ4v) is 3.70. The van der Waals surface area contributed by atoms with Crippen LogP contribution >= 0.6 is 0 Å². The van der Waals surface area contributed by atoms with Gasteiger partial charge < -0.3 is 15.2 Å². The molecule has 4 rings (SSSR count). The number of anilines is 1. The van der Waals surface area contributed by atoms with E-state index >= 15 is 0 Å². The minimum absolute atomic E-state index is 0.211. The average Bonchev–Trinajstić information content (AvgIpc) is 2.77. The maximum Gasteiger partial charge on any atom is 0.490 e. The van der Waals surface area contributed by atoms with E-state index in [1.54, 1.807) is 6.20 Å². The first-order valence-electron chi connectivity index (χ1n) is 10.4. The maximum absolute atomic E-state index is 10.6. The Bertz CT molecular complexity index is 898. The summed E-state index contributed by atoms with van der Waals surface area (Å²) >= 11 is 0. The van der Waals surface area contributed by atoms with Crippen molar-refractivity contribution in [1.82, 2.24) is 19.9 Å². The van der Waals surface area contributed by atoms with Gasteiger partial charge >= 0.3 is 12.1 Å². The summed E-state index contributed by atoms with van der Waals surface area (Å²) in [5.74, 6) is -1.18. The van der Waals surface area contributed by atoms with Crippen LogP contribution in [0.15, 0.2) is 30.5 Å². The van der Waals surface area contributed by atoms with Crippen molar-refractivity contribution in [2.24, 2.45) is 0 Å². The number of alkyl halides is 3. The average molecular weight is 453 g/mol. The predicted molar refractivity (Wildman–Crippen MR) is 111 cm³/mol. The Morgan fingerprint density at radius 3 is 2.75 bits per heavy atom. The van der Waals surface area contributed by atoms with Crippen LogP contribution < -0.4 is 5.32 Å². The molecule has 11 heteroatoms. The number of carbonyl (C=O) groups is 1. The number of fused-ring (bicyclic) bond motifs is 1. The van der Waals surface area contributed by atoms with E-state index in [9.17, 15) is 13.2 Å². The molecule has 0 aromatic carbocycles. The van der Waals surface area contributed by atoms with Gasteiger partial charge in [0, 0.05) is 31.4 Å². The monoisotopic (exact) mass is 453 g/mol. The van der Waals surface area contributed by atoms with Crippen LogP contribution in [0, 0.1) is 6.92 Å². The van der Waals surface area contributed by atoms with Crippen LogP contribution in [0.3, 0.4) is 0 Å². The molecule has 2 atom stereocenters. The van der Waals surface area contributed by atoms with Gasteiger partial charge in [0.25, 0.3) is 0 Å². The molecule has 2 fully saturated rings. The van der Waals surface area contributed by atoms with Gasteiger partial charge in [-0.05, 0) is 38.4 Å². The van der Waals surface area contributed by atoms with Gasteiger partial charge in [-0.3, -0.25) is 9.88 Å². The Morgan fingerprint density at radius 2 is 2.06 bits per heavy atom. The van der Waals surface area contributed by atoms with Gasteiger partial charge in [-0.15, -0.1) is 0 Å². The summed E-state index contributed by atoms with van der Waals surface area (Å²) in [6.07, 6.45) is 0.839. The van der Waals surface area contributed by atoms with Crippen molar-refractivity contribution in [3.05, 3.63) is 36.3 Å². The lowest BCUT2D eigenvalue weighted by molar-refractivity contribution is -0.192. The van der Waals surface area contributed by atoms with E-state index in [2.05, 4.69) is 25.2 Å². The van der Waals surface area contributed by atoms with E-state index in [1.165, 1.54) is 25.8 Å². The number of rotatable bonds is 4. The molecule has 8 nitrogen and oxygen atoms in total. The largest absolute Gasteiger partial charge is 0.490 e. The Balaban J connectivity index is 0.000000360. The summed E-state index contributed by atoms with van der Waals surface area (Å²) in [6.45, 7) is 5.75. The van der Waals surface area contributed by atoms with Crippen molar-refractivity contribution in [3.8, 4) is 11.4 Å². The van der Waals surface area contributed by atoms with E-state index in [-0.39, 0.29) is 6.10 Å². The first kappa shape index (κ1) is 23.9. The van der Waals surface area contributed by atoms with Crippen molar-refractivity contribution in [2.75, 3.05) is 31.6 Å². The number of ether oxygens (including phenoxy) is 1. The van der Waals surface area contributed by atoms with Crippen molar-refractivity contribution < 1.29 is 27.8 Å². The summed E-state index contributed by atoms with van der Waals surface area (Å²) in [5.41, 5.74) is 1.71. The Kier molecular flexibility index (Phi) is 7.97. The maximum atomic E-state index is 10.6.